The summed E-state index contributed by atoms with van der Waals surface area (Å²) in [5.74, 6) is 0.0752. The van der Waals surface area contributed by atoms with Crippen LogP contribution < -0.4 is 4.90 Å². The average Bonchev–Trinajstić information content (AvgIpc) is 2.62. The Balaban J connectivity index is 1.87. The van der Waals surface area contributed by atoms with E-state index < -0.39 is 0 Å². The predicted molar refractivity (Wildman–Crippen MR) is 91.4 cm³/mol. The zero-order valence-electron chi connectivity index (χ0n) is 13.3. The van der Waals surface area contributed by atoms with Crippen LogP contribution in [-0.2, 0) is 9.59 Å². The van der Waals surface area contributed by atoms with Gasteiger partial charge in [0.15, 0.2) is 5.78 Å². The van der Waals surface area contributed by atoms with Crippen molar-refractivity contribution in [1.29, 1.82) is 0 Å². The molecule has 120 valence electrons. The molecular formula is C20H18N2O2. The zero-order valence-corrected chi connectivity index (χ0v) is 13.3. The number of amides is 1. The van der Waals surface area contributed by atoms with Crippen molar-refractivity contribution in [3.8, 4) is 0 Å². The molecule has 1 unspecified atom stereocenters. The van der Waals surface area contributed by atoms with Crippen LogP contribution in [0.25, 0.3) is 0 Å². The molecule has 1 atom stereocenters. The second-order valence-electron chi connectivity index (χ2n) is 6.24. The van der Waals surface area contributed by atoms with Crippen LogP contribution in [0.1, 0.15) is 37.2 Å². The van der Waals surface area contributed by atoms with Gasteiger partial charge in [0.25, 0.3) is 0 Å². The molecule has 0 fully saturated rings. The van der Waals surface area contributed by atoms with E-state index in [1.807, 2.05) is 42.5 Å². The van der Waals surface area contributed by atoms with E-state index >= 15 is 0 Å². The highest BCUT2D eigenvalue weighted by Crippen LogP contribution is 2.43. The lowest BCUT2D eigenvalue weighted by molar-refractivity contribution is -0.119. The zero-order chi connectivity index (χ0) is 16.5. The van der Waals surface area contributed by atoms with Crippen LogP contribution in [0.2, 0.25) is 0 Å². The lowest BCUT2D eigenvalue weighted by atomic mass is 9.77. The summed E-state index contributed by atoms with van der Waals surface area (Å²) in [6, 6.07) is 13.4. The fraction of sp³-hybridized carbons (Fsp3) is 0.250. The fourth-order valence-electron chi connectivity index (χ4n) is 3.75. The van der Waals surface area contributed by atoms with Crippen LogP contribution in [0.4, 0.5) is 5.69 Å². The Morgan fingerprint density at radius 1 is 0.958 bits per heavy atom. The summed E-state index contributed by atoms with van der Waals surface area (Å²) in [4.78, 5) is 31.4. The molecule has 1 aromatic carbocycles. The number of para-hydroxylation sites is 1. The van der Waals surface area contributed by atoms with E-state index in [4.69, 9.17) is 0 Å². The molecule has 1 amide bonds. The summed E-state index contributed by atoms with van der Waals surface area (Å²) >= 11 is 0. The predicted octanol–water partition coefficient (Wildman–Crippen LogP) is 3.61. The molecule has 2 aromatic rings. The van der Waals surface area contributed by atoms with Crippen LogP contribution in [-0.4, -0.2) is 16.7 Å². The quantitative estimate of drug-likeness (QED) is 0.850. The van der Waals surface area contributed by atoms with Gasteiger partial charge in [-0.3, -0.25) is 19.5 Å². The van der Waals surface area contributed by atoms with E-state index in [1.54, 1.807) is 17.3 Å². The van der Waals surface area contributed by atoms with Crippen molar-refractivity contribution in [3.05, 3.63) is 71.7 Å². The maximum atomic E-state index is 12.9. The first-order chi connectivity index (χ1) is 11.8. The maximum absolute atomic E-state index is 12.9. The first-order valence-electron chi connectivity index (χ1n) is 8.30. The van der Waals surface area contributed by atoms with Crippen molar-refractivity contribution in [3.63, 3.8) is 0 Å². The van der Waals surface area contributed by atoms with E-state index in [0.29, 0.717) is 12.8 Å². The summed E-state index contributed by atoms with van der Waals surface area (Å²) in [6.45, 7) is 0. The third-order valence-corrected chi connectivity index (χ3v) is 4.80. The third-order valence-electron chi connectivity index (χ3n) is 4.80. The molecule has 1 aromatic heterocycles. The van der Waals surface area contributed by atoms with Gasteiger partial charge in [-0.15, -0.1) is 0 Å². The minimum atomic E-state index is -0.150. The number of nitrogens with zero attached hydrogens (tertiary/aromatic N) is 2. The average molecular weight is 318 g/mol. The second kappa shape index (κ2) is 6.04. The number of benzene rings is 1. The minimum absolute atomic E-state index is 0.0523. The molecule has 2 aliphatic rings. The third kappa shape index (κ3) is 2.44. The van der Waals surface area contributed by atoms with Crippen molar-refractivity contribution in [2.24, 2.45) is 0 Å². The Morgan fingerprint density at radius 2 is 1.71 bits per heavy atom. The van der Waals surface area contributed by atoms with Crippen LogP contribution in [0, 0.1) is 0 Å². The minimum Gasteiger partial charge on any atom is -0.294 e. The fourth-order valence-corrected chi connectivity index (χ4v) is 3.75. The van der Waals surface area contributed by atoms with Crippen LogP contribution >= 0.6 is 0 Å². The first kappa shape index (κ1) is 14.8. The number of hydrogen-bond acceptors (Lipinski definition) is 3. The van der Waals surface area contributed by atoms with Crippen molar-refractivity contribution < 1.29 is 9.59 Å². The Kier molecular flexibility index (Phi) is 3.73. The van der Waals surface area contributed by atoms with E-state index in [1.165, 1.54) is 0 Å². The number of pyridine rings is 1. The van der Waals surface area contributed by atoms with Gasteiger partial charge in [-0.05, 0) is 42.7 Å². The molecule has 4 nitrogen and oxygen atoms in total. The largest absolute Gasteiger partial charge is 0.294 e. The van der Waals surface area contributed by atoms with Crippen molar-refractivity contribution in [2.45, 2.75) is 31.6 Å². The summed E-state index contributed by atoms with van der Waals surface area (Å²) in [5, 5.41) is 0. The standard InChI is InChI=1S/C20H18N2O2/c23-18-8-4-7-17-20(18)16(14-9-11-21-12-10-14)13-19(24)22(17)15-5-2-1-3-6-15/h1-3,5-6,9-12,16H,4,7-8,13H2. The van der Waals surface area contributed by atoms with E-state index in [2.05, 4.69) is 4.98 Å². The van der Waals surface area contributed by atoms with Crippen molar-refractivity contribution >= 4 is 17.4 Å². The smallest absolute Gasteiger partial charge is 0.232 e. The topological polar surface area (TPSA) is 50.3 Å². The molecule has 24 heavy (non-hydrogen) atoms. The summed E-state index contributed by atoms with van der Waals surface area (Å²) in [7, 11) is 0. The lowest BCUT2D eigenvalue weighted by Gasteiger charge is -2.38. The van der Waals surface area contributed by atoms with E-state index in [0.717, 1.165) is 35.4 Å². The number of aromatic nitrogens is 1. The summed E-state index contributed by atoms with van der Waals surface area (Å²) < 4.78 is 0. The highest BCUT2D eigenvalue weighted by Gasteiger charge is 2.39. The van der Waals surface area contributed by atoms with Crippen LogP contribution in [0.5, 0.6) is 0 Å². The Bertz CT molecular complexity index is 812. The monoisotopic (exact) mass is 318 g/mol. The first-order valence-corrected chi connectivity index (χ1v) is 8.30. The van der Waals surface area contributed by atoms with Gasteiger partial charge in [0.2, 0.25) is 5.91 Å². The molecule has 0 bridgehead atoms. The molecule has 2 heterocycles. The van der Waals surface area contributed by atoms with E-state index in [9.17, 15) is 9.59 Å². The molecule has 0 saturated heterocycles. The number of carbonyl (C=O) groups is 2. The van der Waals surface area contributed by atoms with Crippen molar-refractivity contribution in [1.82, 2.24) is 4.98 Å². The number of rotatable bonds is 2. The van der Waals surface area contributed by atoms with Gasteiger partial charge in [0.1, 0.15) is 0 Å². The molecule has 0 saturated carbocycles. The normalized spacial score (nSPS) is 21.0. The number of Topliss-reactive ketones (excluding diaryl/α,β-unsaturated/α-hetero) is 1. The number of anilines is 1. The Hall–Kier alpha value is -2.75. The van der Waals surface area contributed by atoms with Crippen LogP contribution in [0.15, 0.2) is 66.1 Å². The van der Waals surface area contributed by atoms with Crippen molar-refractivity contribution in [2.75, 3.05) is 4.90 Å². The molecule has 4 heteroatoms. The molecule has 4 rings (SSSR count). The lowest BCUT2D eigenvalue weighted by Crippen LogP contribution is -2.40. The summed E-state index contributed by atoms with van der Waals surface area (Å²) in [6.07, 6.45) is 5.90. The molecule has 0 spiro atoms. The molecule has 0 N–H and O–H groups in total. The SMILES string of the molecule is O=C1CCCC2=C1C(c1ccncc1)CC(=O)N2c1ccccc1. The number of ketones is 1. The number of carbonyl (C=O) groups excluding carboxylic acids is 2. The molecular weight excluding hydrogens is 300 g/mol. The summed E-state index contributed by atoms with van der Waals surface area (Å²) in [5.41, 5.74) is 3.54. The van der Waals surface area contributed by atoms with Gasteiger partial charge >= 0.3 is 0 Å². The van der Waals surface area contributed by atoms with Gasteiger partial charge in [0.05, 0.1) is 0 Å². The van der Waals surface area contributed by atoms with E-state index in [-0.39, 0.29) is 17.6 Å². The van der Waals surface area contributed by atoms with Gasteiger partial charge in [-0.2, -0.15) is 0 Å². The van der Waals surface area contributed by atoms with Crippen LogP contribution in [0.3, 0.4) is 0 Å². The second-order valence-corrected chi connectivity index (χ2v) is 6.24. The van der Waals surface area contributed by atoms with Gasteiger partial charge in [-0.1, -0.05) is 18.2 Å². The highest BCUT2D eigenvalue weighted by molar-refractivity contribution is 6.07. The van der Waals surface area contributed by atoms with Gasteiger partial charge in [-0.25, -0.2) is 0 Å². The number of hydrogen-bond donors (Lipinski definition) is 0. The van der Waals surface area contributed by atoms with Gasteiger partial charge in [0, 0.05) is 48.1 Å². The molecule has 1 aliphatic heterocycles. The molecule has 0 radical (unpaired) electrons. The Labute approximate surface area is 140 Å². The highest BCUT2D eigenvalue weighted by atomic mass is 16.2. The van der Waals surface area contributed by atoms with Gasteiger partial charge < -0.3 is 0 Å². The Morgan fingerprint density at radius 3 is 2.46 bits per heavy atom. The molecule has 1 aliphatic carbocycles. The number of allylic oxidation sites excluding steroid dienone is 2. The maximum Gasteiger partial charge on any atom is 0.232 e.